The minimum atomic E-state index is -1.11. The van der Waals surface area contributed by atoms with Gasteiger partial charge in [0, 0.05) is 6.04 Å². The fourth-order valence-electron chi connectivity index (χ4n) is 1.59. The van der Waals surface area contributed by atoms with E-state index in [-0.39, 0.29) is 11.8 Å². The van der Waals surface area contributed by atoms with E-state index >= 15 is 0 Å². The van der Waals surface area contributed by atoms with Crippen LogP contribution in [0.4, 0.5) is 0 Å². The molecule has 5 nitrogen and oxygen atoms in total. The van der Waals surface area contributed by atoms with Crippen molar-refractivity contribution < 1.29 is 14.3 Å². The van der Waals surface area contributed by atoms with Gasteiger partial charge < -0.3 is 14.8 Å². The van der Waals surface area contributed by atoms with E-state index in [1.165, 1.54) is 6.20 Å². The van der Waals surface area contributed by atoms with Crippen molar-refractivity contribution in [1.29, 1.82) is 0 Å². The van der Waals surface area contributed by atoms with Crippen LogP contribution in [0.15, 0.2) is 40.9 Å². The molecule has 1 unspecified atom stereocenters. The van der Waals surface area contributed by atoms with Crippen LogP contribution < -0.4 is 5.32 Å². The standard InChI is InChI=1S/C13H14N2O3/c1-9(10-5-3-2-4-6-10)14-8-12-15-7-11(18-12)13(16)17/h2-7,9,14H,8H2,1H3,(H,16,17). The Hall–Kier alpha value is -2.14. The van der Waals surface area contributed by atoms with Gasteiger partial charge in [-0.1, -0.05) is 30.3 Å². The Morgan fingerprint density at radius 1 is 1.44 bits per heavy atom. The molecule has 0 aliphatic carbocycles. The first kappa shape index (κ1) is 12.3. The van der Waals surface area contributed by atoms with Gasteiger partial charge in [0.05, 0.1) is 12.7 Å². The van der Waals surface area contributed by atoms with Crippen molar-refractivity contribution in [3.8, 4) is 0 Å². The van der Waals surface area contributed by atoms with Crippen LogP contribution in [-0.2, 0) is 6.54 Å². The summed E-state index contributed by atoms with van der Waals surface area (Å²) in [7, 11) is 0. The average molecular weight is 246 g/mol. The summed E-state index contributed by atoms with van der Waals surface area (Å²) < 4.78 is 5.06. The Morgan fingerprint density at radius 3 is 2.78 bits per heavy atom. The van der Waals surface area contributed by atoms with Crippen molar-refractivity contribution in [2.75, 3.05) is 0 Å². The zero-order valence-corrected chi connectivity index (χ0v) is 9.96. The van der Waals surface area contributed by atoms with Crippen molar-refractivity contribution in [1.82, 2.24) is 10.3 Å². The van der Waals surface area contributed by atoms with Gasteiger partial charge in [-0.05, 0) is 12.5 Å². The second-order valence-electron chi connectivity index (χ2n) is 3.94. The molecule has 0 bridgehead atoms. The van der Waals surface area contributed by atoms with Gasteiger partial charge in [-0.15, -0.1) is 0 Å². The minimum Gasteiger partial charge on any atom is -0.475 e. The maximum Gasteiger partial charge on any atom is 0.373 e. The van der Waals surface area contributed by atoms with Crippen LogP contribution in [0.25, 0.3) is 0 Å². The molecule has 0 saturated carbocycles. The maximum atomic E-state index is 10.6. The van der Waals surface area contributed by atoms with Crippen molar-refractivity contribution in [2.24, 2.45) is 0 Å². The summed E-state index contributed by atoms with van der Waals surface area (Å²) in [5, 5.41) is 11.9. The van der Waals surface area contributed by atoms with E-state index in [9.17, 15) is 4.79 Å². The van der Waals surface area contributed by atoms with Gasteiger partial charge in [0.15, 0.2) is 0 Å². The summed E-state index contributed by atoms with van der Waals surface area (Å²) >= 11 is 0. The molecule has 1 atom stereocenters. The number of hydrogen-bond donors (Lipinski definition) is 2. The molecule has 2 aromatic rings. The van der Waals surface area contributed by atoms with Gasteiger partial charge in [0.1, 0.15) is 0 Å². The number of aromatic nitrogens is 1. The number of nitrogens with zero attached hydrogens (tertiary/aromatic N) is 1. The Bertz CT molecular complexity index is 522. The van der Waals surface area contributed by atoms with E-state index in [4.69, 9.17) is 9.52 Å². The van der Waals surface area contributed by atoms with Gasteiger partial charge in [0.2, 0.25) is 11.7 Å². The number of aromatic carboxylic acids is 1. The number of carboxylic acids is 1. The van der Waals surface area contributed by atoms with E-state index < -0.39 is 5.97 Å². The molecule has 0 amide bonds. The Morgan fingerprint density at radius 2 is 2.17 bits per heavy atom. The van der Waals surface area contributed by atoms with Gasteiger partial charge in [-0.2, -0.15) is 0 Å². The first-order valence-electron chi connectivity index (χ1n) is 5.63. The van der Waals surface area contributed by atoms with Crippen LogP contribution >= 0.6 is 0 Å². The van der Waals surface area contributed by atoms with Crippen LogP contribution in [0.3, 0.4) is 0 Å². The summed E-state index contributed by atoms with van der Waals surface area (Å²) in [6, 6.07) is 10.1. The van der Waals surface area contributed by atoms with E-state index in [0.29, 0.717) is 12.4 Å². The zero-order valence-electron chi connectivity index (χ0n) is 9.96. The van der Waals surface area contributed by atoms with E-state index in [1.54, 1.807) is 0 Å². The molecule has 0 radical (unpaired) electrons. The van der Waals surface area contributed by atoms with Crippen LogP contribution in [0.1, 0.15) is 35.0 Å². The van der Waals surface area contributed by atoms with E-state index in [1.807, 2.05) is 37.3 Å². The molecule has 5 heteroatoms. The Labute approximate surface area is 104 Å². The number of benzene rings is 1. The molecule has 1 heterocycles. The molecule has 1 aromatic carbocycles. The third-order valence-corrected chi connectivity index (χ3v) is 2.62. The molecule has 2 rings (SSSR count). The lowest BCUT2D eigenvalue weighted by Gasteiger charge is -2.12. The van der Waals surface area contributed by atoms with E-state index in [0.717, 1.165) is 5.56 Å². The van der Waals surface area contributed by atoms with Gasteiger partial charge in [-0.3, -0.25) is 0 Å². The lowest BCUT2D eigenvalue weighted by molar-refractivity contribution is 0.0660. The molecule has 0 aliphatic rings. The number of oxazole rings is 1. The largest absolute Gasteiger partial charge is 0.475 e. The first-order chi connectivity index (χ1) is 8.66. The molecule has 0 spiro atoms. The second-order valence-corrected chi connectivity index (χ2v) is 3.94. The molecule has 2 N–H and O–H groups in total. The highest BCUT2D eigenvalue weighted by atomic mass is 16.4. The predicted octanol–water partition coefficient (Wildman–Crippen LogP) is 2.22. The lowest BCUT2D eigenvalue weighted by Crippen LogP contribution is -2.18. The SMILES string of the molecule is CC(NCc1ncc(C(=O)O)o1)c1ccccc1. The van der Waals surface area contributed by atoms with Crippen LogP contribution in [0, 0.1) is 0 Å². The fraction of sp³-hybridized carbons (Fsp3) is 0.231. The number of carbonyl (C=O) groups is 1. The summed E-state index contributed by atoms with van der Waals surface area (Å²) in [5.41, 5.74) is 1.16. The zero-order chi connectivity index (χ0) is 13.0. The third-order valence-electron chi connectivity index (χ3n) is 2.62. The normalized spacial score (nSPS) is 12.3. The Balaban J connectivity index is 1.93. The molecule has 0 aliphatic heterocycles. The number of rotatable bonds is 5. The highest BCUT2D eigenvalue weighted by molar-refractivity contribution is 5.83. The molecule has 0 fully saturated rings. The number of nitrogens with one attached hydrogen (secondary N) is 1. The molecular formula is C13H14N2O3. The predicted molar refractivity (Wildman–Crippen MR) is 65.2 cm³/mol. The van der Waals surface area contributed by atoms with Crippen molar-refractivity contribution in [2.45, 2.75) is 19.5 Å². The van der Waals surface area contributed by atoms with Gasteiger partial charge in [-0.25, -0.2) is 9.78 Å². The third kappa shape index (κ3) is 2.95. The molecule has 18 heavy (non-hydrogen) atoms. The summed E-state index contributed by atoms with van der Waals surface area (Å²) in [4.78, 5) is 14.5. The highest BCUT2D eigenvalue weighted by Crippen LogP contribution is 2.12. The minimum absolute atomic E-state index is 0.140. The smallest absolute Gasteiger partial charge is 0.373 e. The first-order valence-corrected chi connectivity index (χ1v) is 5.63. The molecular weight excluding hydrogens is 232 g/mol. The van der Waals surface area contributed by atoms with E-state index in [2.05, 4.69) is 10.3 Å². The van der Waals surface area contributed by atoms with Crippen molar-refractivity contribution in [3.63, 3.8) is 0 Å². The van der Waals surface area contributed by atoms with Crippen molar-refractivity contribution in [3.05, 3.63) is 53.7 Å². The van der Waals surface area contributed by atoms with Gasteiger partial charge in [0.25, 0.3) is 0 Å². The average Bonchev–Trinajstić information content (AvgIpc) is 2.86. The van der Waals surface area contributed by atoms with Crippen LogP contribution in [0.2, 0.25) is 0 Å². The van der Waals surface area contributed by atoms with Gasteiger partial charge >= 0.3 is 5.97 Å². The van der Waals surface area contributed by atoms with Crippen molar-refractivity contribution >= 4 is 5.97 Å². The number of carboxylic acid groups (broad SMARTS) is 1. The summed E-state index contributed by atoms with van der Waals surface area (Å²) in [5.74, 6) is -0.876. The maximum absolute atomic E-state index is 10.6. The topological polar surface area (TPSA) is 75.4 Å². The fourth-order valence-corrected chi connectivity index (χ4v) is 1.59. The second kappa shape index (κ2) is 5.46. The molecule has 0 saturated heterocycles. The lowest BCUT2D eigenvalue weighted by atomic mass is 10.1. The van der Waals surface area contributed by atoms with Crippen LogP contribution in [0.5, 0.6) is 0 Å². The summed E-state index contributed by atoms with van der Waals surface area (Å²) in [6.07, 6.45) is 1.21. The monoisotopic (exact) mass is 246 g/mol. The summed E-state index contributed by atoms with van der Waals surface area (Å²) in [6.45, 7) is 2.42. The molecule has 94 valence electrons. The number of hydrogen-bond acceptors (Lipinski definition) is 4. The Kier molecular flexibility index (Phi) is 3.74. The highest BCUT2D eigenvalue weighted by Gasteiger charge is 2.11. The quantitative estimate of drug-likeness (QED) is 0.846. The molecule has 1 aromatic heterocycles. The van der Waals surface area contributed by atoms with Crippen LogP contribution in [-0.4, -0.2) is 16.1 Å².